The number of cyclic esters (lactones) is 2. The number of benzene rings is 2. The van der Waals surface area contributed by atoms with Gasteiger partial charge < -0.3 is 39.0 Å². The Balaban J connectivity index is -0.00000121. The number of amides is 4. The van der Waals surface area contributed by atoms with E-state index in [1.807, 2.05) is 71.1 Å². The zero-order valence-corrected chi connectivity index (χ0v) is 60.3. The van der Waals surface area contributed by atoms with Crippen molar-refractivity contribution >= 4 is 70.3 Å². The fourth-order valence-electron chi connectivity index (χ4n) is 8.03. The molecule has 0 aliphatic carbocycles. The number of imide groups is 2. The molecule has 602 valence electrons. The van der Waals surface area contributed by atoms with Gasteiger partial charge in [0, 0.05) is 52.1 Å². The number of esters is 3. The zero-order chi connectivity index (χ0) is 83.2. The summed E-state index contributed by atoms with van der Waals surface area (Å²) in [6.07, 6.45) is -25.7. The van der Waals surface area contributed by atoms with Crippen molar-refractivity contribution in [3.05, 3.63) is 182 Å². The van der Waals surface area contributed by atoms with Crippen LogP contribution in [-0.2, 0) is 65.3 Å². The maximum atomic E-state index is 12.9. The third-order valence-corrected chi connectivity index (χ3v) is 13.5. The van der Waals surface area contributed by atoms with Crippen LogP contribution < -0.4 is 0 Å². The Morgan fingerprint density at radius 2 is 0.935 bits per heavy atom. The number of ether oxygens (including phenoxy) is 5. The van der Waals surface area contributed by atoms with E-state index in [4.69, 9.17) is 14.6 Å². The third-order valence-electron chi connectivity index (χ3n) is 13.1. The van der Waals surface area contributed by atoms with E-state index in [2.05, 4.69) is 47.1 Å². The molecule has 0 saturated carbocycles. The predicted octanol–water partition coefficient (Wildman–Crippen LogP) is 16.4. The van der Waals surface area contributed by atoms with E-state index < -0.39 is 164 Å². The number of ketones is 1. The van der Waals surface area contributed by atoms with Gasteiger partial charge in [0.15, 0.2) is 5.60 Å². The molecule has 2 saturated heterocycles. The molecule has 2 aliphatic heterocycles. The van der Waals surface area contributed by atoms with Crippen LogP contribution in [0.15, 0.2) is 171 Å². The standard InChI is InChI=1S/C19H20F3NO4.C13H15NO3.C9H13F3O3.C9H11F3O2.C7H8F3I.C7H9F3O.C6H7F3O3/c1-2-6-14(19(20,21)22)9-10-16(24)17(25)23-15(12-27-18(23)26)11-13-7-4-3-5-8-13;1-2-12(15)14-11(9-17-13(14)16)8-10-6-4-3-5-7-10;1-3-5-8(14,9(10,11)12)6-7(13)15-4-2;1-3-5-7(9(10,11)12)6-8(13)14-4-2;2*1-2-3-6(4-5-11)7(8,9)10;1-2-12-5(11)3-4(10)6(7,8)9/h2-5,7-9,15-16,24H,1,6,10-12H2;3-7,11H,2,8-9H2,1H3;3,14H,1,4-6H2,2H3;3,6H,1,4-5H2,2H3;2,4H,1,3,5H2;2,4,11H,1,3,5H2;2-3H2,1H3/b14-9+;;;7-6+;2*6-4+;/t15-,16+;11-;;;;;/m11...../s1. The number of alkyl halides is 19. The van der Waals surface area contributed by atoms with Crippen LogP contribution in [0.2, 0.25) is 0 Å². The number of halogens is 19. The highest BCUT2D eigenvalue weighted by Crippen LogP contribution is 2.37. The second-order valence-electron chi connectivity index (χ2n) is 21.2. The molecule has 4 atom stereocenters. The van der Waals surface area contributed by atoms with E-state index in [1.165, 1.54) is 37.8 Å². The summed E-state index contributed by atoms with van der Waals surface area (Å²) in [4.78, 5) is 91.5. The predicted molar refractivity (Wildman–Crippen MR) is 363 cm³/mol. The summed E-state index contributed by atoms with van der Waals surface area (Å²) >= 11 is 1.87. The van der Waals surface area contributed by atoms with E-state index in [-0.39, 0.29) is 51.2 Å². The zero-order valence-electron chi connectivity index (χ0n) is 58.2. The van der Waals surface area contributed by atoms with Gasteiger partial charge in [-0.2, -0.15) is 79.0 Å². The molecular weight excluding hydrogens is 1590 g/mol. The molecule has 3 N–H and O–H groups in total. The van der Waals surface area contributed by atoms with Gasteiger partial charge in [-0.05, 0) is 70.4 Å². The summed E-state index contributed by atoms with van der Waals surface area (Å²) in [6.45, 7) is 21.8. The van der Waals surface area contributed by atoms with Crippen molar-refractivity contribution in [2.24, 2.45) is 0 Å². The first-order valence-corrected chi connectivity index (χ1v) is 33.0. The van der Waals surface area contributed by atoms with Gasteiger partial charge in [-0.1, -0.05) is 139 Å². The average molecular weight is 1680 g/mol. The second kappa shape index (κ2) is 51.6. The minimum absolute atomic E-state index is 0.0269. The number of rotatable bonds is 28. The maximum absolute atomic E-state index is 12.9. The number of Topliss-reactive ketones (excluding diaryl/α,β-unsaturated/α-hetero) is 1. The minimum Gasteiger partial charge on any atom is -0.466 e. The highest BCUT2D eigenvalue weighted by atomic mass is 127. The molecule has 107 heavy (non-hydrogen) atoms. The Morgan fingerprint density at radius 1 is 0.551 bits per heavy atom. The summed E-state index contributed by atoms with van der Waals surface area (Å²) in [5.74, 6) is -6.45. The van der Waals surface area contributed by atoms with Crippen molar-refractivity contribution in [1.29, 1.82) is 0 Å². The highest BCUT2D eigenvalue weighted by Gasteiger charge is 2.54. The van der Waals surface area contributed by atoms with Gasteiger partial charge >= 0.3 is 67.2 Å². The summed E-state index contributed by atoms with van der Waals surface area (Å²) in [5.41, 5.74) is -4.25. The largest absolute Gasteiger partial charge is 0.466 e. The van der Waals surface area contributed by atoms with Crippen LogP contribution in [0.5, 0.6) is 0 Å². The minimum atomic E-state index is -4.95. The Hall–Kier alpha value is -8.59. The number of aliphatic hydroxyl groups is 3. The van der Waals surface area contributed by atoms with Crippen molar-refractivity contribution < 1.29 is 156 Å². The molecule has 37 heteroatoms. The molecule has 0 radical (unpaired) electrons. The molecule has 2 fully saturated rings. The van der Waals surface area contributed by atoms with Gasteiger partial charge in [-0.25, -0.2) is 24.2 Å². The maximum Gasteiger partial charge on any atom is 0.450 e. The Kier molecular flexibility index (Phi) is 49.5. The molecule has 0 spiro atoms. The third kappa shape index (κ3) is 43.1. The summed E-state index contributed by atoms with van der Waals surface area (Å²) in [6, 6.07) is 18.1. The fourth-order valence-corrected chi connectivity index (χ4v) is 8.56. The average Bonchev–Trinajstić information content (AvgIpc) is 1.48. The molecular formula is C70H83F18IN2O16. The lowest BCUT2D eigenvalue weighted by molar-refractivity contribution is -0.261. The molecule has 2 heterocycles. The van der Waals surface area contributed by atoms with E-state index in [0.29, 0.717) is 36.4 Å². The Bertz CT molecular complexity index is 3220. The molecule has 0 bridgehead atoms. The molecule has 18 nitrogen and oxygen atoms in total. The van der Waals surface area contributed by atoms with E-state index in [9.17, 15) is 128 Å². The molecule has 0 aromatic heterocycles. The quantitative estimate of drug-likeness (QED) is 0.0105. The van der Waals surface area contributed by atoms with Gasteiger partial charge in [0.2, 0.25) is 11.7 Å². The number of nitrogens with zero attached hydrogens (tertiary/aromatic N) is 2. The molecule has 4 amide bonds. The molecule has 4 rings (SSSR count). The van der Waals surface area contributed by atoms with Crippen LogP contribution in [0.1, 0.15) is 96.6 Å². The molecule has 2 aliphatic rings. The van der Waals surface area contributed by atoms with Crippen LogP contribution in [0, 0.1) is 0 Å². The topological polar surface area (TPSA) is 250 Å². The smallest absolute Gasteiger partial charge is 0.450 e. The van der Waals surface area contributed by atoms with Crippen molar-refractivity contribution in [3.63, 3.8) is 0 Å². The number of hydrogen-bond acceptors (Lipinski definition) is 16. The molecule has 1 unspecified atom stereocenters. The van der Waals surface area contributed by atoms with Crippen LogP contribution in [0.4, 0.5) is 88.6 Å². The van der Waals surface area contributed by atoms with Crippen LogP contribution >= 0.6 is 22.6 Å². The van der Waals surface area contributed by atoms with Crippen molar-refractivity contribution in [1.82, 2.24) is 9.80 Å². The van der Waals surface area contributed by atoms with Crippen LogP contribution in [0.25, 0.3) is 0 Å². The summed E-state index contributed by atoms with van der Waals surface area (Å²) in [5, 5.41) is 27.5. The lowest BCUT2D eigenvalue weighted by Gasteiger charge is -2.28. The monoisotopic (exact) mass is 1680 g/mol. The number of carbonyl (C=O) groups excluding carboxylic acids is 8. The highest BCUT2D eigenvalue weighted by molar-refractivity contribution is 14.1. The van der Waals surface area contributed by atoms with Gasteiger partial charge in [0.05, 0.1) is 44.9 Å². The Labute approximate surface area is 618 Å². The number of allylic oxidation sites excluding steroid dienone is 9. The first-order valence-electron chi connectivity index (χ1n) is 31.4. The second-order valence-corrected chi connectivity index (χ2v) is 22.1. The van der Waals surface area contributed by atoms with Gasteiger partial charge in [-0.3, -0.25) is 24.0 Å². The van der Waals surface area contributed by atoms with Crippen molar-refractivity contribution in [2.75, 3.05) is 44.1 Å². The van der Waals surface area contributed by atoms with Gasteiger partial charge in [-0.15, -0.1) is 32.9 Å². The van der Waals surface area contributed by atoms with E-state index in [1.54, 1.807) is 19.1 Å². The van der Waals surface area contributed by atoms with Crippen molar-refractivity contribution in [3.8, 4) is 0 Å². The lowest BCUT2D eigenvalue weighted by atomic mass is 9.95. The van der Waals surface area contributed by atoms with Crippen molar-refractivity contribution in [2.45, 2.75) is 159 Å². The van der Waals surface area contributed by atoms with Crippen LogP contribution in [0.3, 0.4) is 0 Å². The van der Waals surface area contributed by atoms with Gasteiger partial charge in [0.25, 0.3) is 5.91 Å². The number of hydrogen-bond donors (Lipinski definition) is 3. The Morgan fingerprint density at radius 3 is 1.29 bits per heavy atom. The number of carbonyl (C=O) groups is 8. The normalized spacial score (nSPS) is 15.6. The molecule has 2 aromatic carbocycles. The van der Waals surface area contributed by atoms with Gasteiger partial charge in [0.1, 0.15) is 25.7 Å². The van der Waals surface area contributed by atoms with Crippen LogP contribution in [-0.4, -0.2) is 178 Å². The SMILES string of the molecule is C=CC/C(=C\C(=O)OCC)C(F)(F)F.C=CC/C(=C\CI)C(F)(F)F.C=CC/C(=C\CO)C(F)(F)F.C=CC/C(=C\C[C@H](O)C(=O)N1C(=O)OC[C@H]1Cc1ccccc1)C(F)(F)F.C=CCC(O)(CC(=O)OCC)C(F)(F)F.CCC(=O)N1C(=O)OC[C@H]1Cc1ccccc1.CCOC(=O)CC(=O)C(F)(F)F. The summed E-state index contributed by atoms with van der Waals surface area (Å²) in [7, 11) is 0. The van der Waals surface area contributed by atoms with E-state index >= 15 is 0 Å². The lowest BCUT2D eigenvalue weighted by Crippen LogP contribution is -2.46. The fraction of sp³-hybridized carbons (Fsp3) is 0.457. The summed E-state index contributed by atoms with van der Waals surface area (Å²) < 4.78 is 241. The first-order chi connectivity index (χ1) is 49.5. The first kappa shape index (κ1) is 103. The molecule has 2 aromatic rings. The van der Waals surface area contributed by atoms with E-state index in [0.717, 1.165) is 52.5 Å². The number of aliphatic hydroxyl groups excluding tert-OH is 2.